The van der Waals surface area contributed by atoms with Crippen LogP contribution in [-0.4, -0.2) is 31.2 Å². The quantitative estimate of drug-likeness (QED) is 0.321. The highest BCUT2D eigenvalue weighted by atomic mass is 32.2. The van der Waals surface area contributed by atoms with Crippen LogP contribution in [0.4, 0.5) is 5.69 Å². The Morgan fingerprint density at radius 3 is 2.67 bits per heavy atom. The summed E-state index contributed by atoms with van der Waals surface area (Å²) in [5.41, 5.74) is 1.74. The fourth-order valence-corrected chi connectivity index (χ4v) is 3.97. The topological polar surface area (TPSA) is 110 Å². The molecule has 0 radical (unpaired) electrons. The SMILES string of the molecule is O=C(CCc1nc(CSc2n[nH]c(-c3ccccc3)n2)no1)Nc1ccc2ccccc2c1. The second kappa shape index (κ2) is 9.66. The number of nitrogens with one attached hydrogen (secondary N) is 2. The maximum absolute atomic E-state index is 12.3. The fourth-order valence-electron chi connectivity index (χ4n) is 3.33. The van der Waals surface area contributed by atoms with E-state index >= 15 is 0 Å². The Labute approximate surface area is 193 Å². The van der Waals surface area contributed by atoms with Crippen molar-refractivity contribution < 1.29 is 9.32 Å². The van der Waals surface area contributed by atoms with E-state index < -0.39 is 0 Å². The average Bonchev–Trinajstić information content (AvgIpc) is 3.52. The summed E-state index contributed by atoms with van der Waals surface area (Å²) in [5, 5.41) is 16.9. The Hall–Kier alpha value is -3.98. The minimum atomic E-state index is -0.103. The summed E-state index contributed by atoms with van der Waals surface area (Å²) in [6.45, 7) is 0. The Balaban J connectivity index is 1.11. The van der Waals surface area contributed by atoms with Crippen molar-refractivity contribution in [2.24, 2.45) is 0 Å². The van der Waals surface area contributed by atoms with Crippen LogP contribution in [0, 0.1) is 0 Å². The highest BCUT2D eigenvalue weighted by molar-refractivity contribution is 7.98. The van der Waals surface area contributed by atoms with Crippen LogP contribution in [0.5, 0.6) is 0 Å². The molecule has 0 saturated carbocycles. The second-order valence-electron chi connectivity index (χ2n) is 7.34. The number of benzene rings is 3. The van der Waals surface area contributed by atoms with Gasteiger partial charge in [0.1, 0.15) is 0 Å². The van der Waals surface area contributed by atoms with Crippen molar-refractivity contribution in [3.05, 3.63) is 84.5 Å². The van der Waals surface area contributed by atoms with Crippen molar-refractivity contribution in [3.63, 3.8) is 0 Å². The molecule has 0 aliphatic carbocycles. The maximum Gasteiger partial charge on any atom is 0.227 e. The van der Waals surface area contributed by atoms with Gasteiger partial charge in [-0.2, -0.15) is 4.98 Å². The molecular weight excluding hydrogens is 436 g/mol. The Bertz CT molecular complexity index is 1380. The molecule has 0 atom stereocenters. The molecule has 0 aliphatic heterocycles. The van der Waals surface area contributed by atoms with E-state index in [1.807, 2.05) is 72.8 Å². The Kier molecular flexibility index (Phi) is 6.12. The molecule has 8 nitrogen and oxygen atoms in total. The molecule has 3 aromatic carbocycles. The third kappa shape index (κ3) is 5.27. The van der Waals surface area contributed by atoms with Crippen LogP contribution >= 0.6 is 11.8 Å². The van der Waals surface area contributed by atoms with Crippen LogP contribution in [0.3, 0.4) is 0 Å². The standard InChI is InChI=1S/C24H20N6O2S/c31-21(25-19-11-10-16-6-4-5-9-18(16)14-19)12-13-22-26-20(30-32-22)15-33-24-27-23(28-29-24)17-7-2-1-3-8-17/h1-11,14H,12-13,15H2,(H,25,31)(H,27,28,29). The number of thioether (sulfide) groups is 1. The lowest BCUT2D eigenvalue weighted by molar-refractivity contribution is -0.116. The summed E-state index contributed by atoms with van der Waals surface area (Å²) in [7, 11) is 0. The first-order valence-electron chi connectivity index (χ1n) is 10.4. The number of aromatic nitrogens is 5. The lowest BCUT2D eigenvalue weighted by Gasteiger charge is -2.05. The lowest BCUT2D eigenvalue weighted by atomic mass is 10.1. The number of carbonyl (C=O) groups is 1. The number of fused-ring (bicyclic) bond motifs is 1. The molecule has 5 rings (SSSR count). The summed E-state index contributed by atoms with van der Waals surface area (Å²) < 4.78 is 5.28. The molecule has 2 heterocycles. The van der Waals surface area contributed by atoms with Crippen LogP contribution in [0.2, 0.25) is 0 Å². The summed E-state index contributed by atoms with van der Waals surface area (Å²) in [6, 6.07) is 23.7. The monoisotopic (exact) mass is 456 g/mol. The normalized spacial score (nSPS) is 11.0. The van der Waals surface area contributed by atoms with Gasteiger partial charge in [-0.15, -0.1) is 5.10 Å². The van der Waals surface area contributed by atoms with Crippen molar-refractivity contribution >= 4 is 34.1 Å². The van der Waals surface area contributed by atoms with E-state index in [1.54, 1.807) is 0 Å². The molecule has 1 amide bonds. The molecule has 9 heteroatoms. The number of aryl methyl sites for hydroxylation is 1. The zero-order chi connectivity index (χ0) is 22.5. The van der Waals surface area contributed by atoms with Crippen molar-refractivity contribution in [1.29, 1.82) is 0 Å². The van der Waals surface area contributed by atoms with Gasteiger partial charge in [0.2, 0.25) is 17.0 Å². The molecule has 0 fully saturated rings. The molecule has 5 aromatic rings. The van der Waals surface area contributed by atoms with Gasteiger partial charge in [0, 0.05) is 24.1 Å². The van der Waals surface area contributed by atoms with Gasteiger partial charge in [-0.3, -0.25) is 9.89 Å². The average molecular weight is 457 g/mol. The van der Waals surface area contributed by atoms with E-state index in [0.717, 1.165) is 22.0 Å². The first-order chi connectivity index (χ1) is 16.2. The van der Waals surface area contributed by atoms with Gasteiger partial charge in [0.15, 0.2) is 11.6 Å². The maximum atomic E-state index is 12.3. The van der Waals surface area contributed by atoms with E-state index in [4.69, 9.17) is 4.52 Å². The van der Waals surface area contributed by atoms with Gasteiger partial charge in [0.25, 0.3) is 0 Å². The summed E-state index contributed by atoms with van der Waals surface area (Å²) in [6.07, 6.45) is 0.624. The van der Waals surface area contributed by atoms with E-state index in [1.165, 1.54) is 11.8 Å². The molecule has 0 spiro atoms. The van der Waals surface area contributed by atoms with Gasteiger partial charge in [0.05, 0.1) is 5.75 Å². The number of aromatic amines is 1. The van der Waals surface area contributed by atoms with Crippen molar-refractivity contribution in [1.82, 2.24) is 25.3 Å². The van der Waals surface area contributed by atoms with Crippen LogP contribution in [-0.2, 0) is 17.0 Å². The molecule has 33 heavy (non-hydrogen) atoms. The Morgan fingerprint density at radius 1 is 0.970 bits per heavy atom. The number of rotatable bonds is 8. The van der Waals surface area contributed by atoms with E-state index in [2.05, 4.69) is 30.6 Å². The first kappa shape index (κ1) is 20.9. The minimum absolute atomic E-state index is 0.103. The molecule has 164 valence electrons. The predicted octanol–water partition coefficient (Wildman–Crippen LogP) is 4.87. The fraction of sp³-hybridized carbons (Fsp3) is 0.125. The van der Waals surface area contributed by atoms with Gasteiger partial charge >= 0.3 is 0 Å². The molecular formula is C24H20N6O2S. The summed E-state index contributed by atoms with van der Waals surface area (Å²) in [5.74, 6) is 2.05. The molecule has 2 N–H and O–H groups in total. The number of amides is 1. The number of nitrogens with zero attached hydrogens (tertiary/aromatic N) is 4. The van der Waals surface area contributed by atoms with Gasteiger partial charge < -0.3 is 9.84 Å². The number of hydrogen-bond donors (Lipinski definition) is 2. The number of hydrogen-bond acceptors (Lipinski definition) is 7. The smallest absolute Gasteiger partial charge is 0.227 e. The van der Waals surface area contributed by atoms with Crippen LogP contribution in [0.15, 0.2) is 82.5 Å². The largest absolute Gasteiger partial charge is 0.339 e. The third-order valence-electron chi connectivity index (χ3n) is 4.95. The Morgan fingerprint density at radius 2 is 1.79 bits per heavy atom. The van der Waals surface area contributed by atoms with E-state index in [0.29, 0.717) is 34.9 Å². The van der Waals surface area contributed by atoms with Crippen molar-refractivity contribution in [2.75, 3.05) is 5.32 Å². The van der Waals surface area contributed by atoms with E-state index in [-0.39, 0.29) is 12.3 Å². The van der Waals surface area contributed by atoms with Crippen LogP contribution in [0.25, 0.3) is 22.2 Å². The lowest BCUT2D eigenvalue weighted by Crippen LogP contribution is -2.12. The molecule has 2 aromatic heterocycles. The molecule has 0 saturated heterocycles. The van der Waals surface area contributed by atoms with Crippen LogP contribution < -0.4 is 5.32 Å². The predicted molar refractivity (Wildman–Crippen MR) is 127 cm³/mol. The number of carbonyl (C=O) groups excluding carboxylic acids is 1. The van der Waals surface area contributed by atoms with E-state index in [9.17, 15) is 4.79 Å². The summed E-state index contributed by atoms with van der Waals surface area (Å²) >= 11 is 1.41. The van der Waals surface area contributed by atoms with Crippen molar-refractivity contribution in [2.45, 2.75) is 23.8 Å². The highest BCUT2D eigenvalue weighted by Crippen LogP contribution is 2.22. The molecule has 0 aliphatic rings. The van der Waals surface area contributed by atoms with Crippen molar-refractivity contribution in [3.8, 4) is 11.4 Å². The van der Waals surface area contributed by atoms with Gasteiger partial charge in [-0.25, -0.2) is 4.98 Å². The van der Waals surface area contributed by atoms with Crippen LogP contribution in [0.1, 0.15) is 18.1 Å². The van der Waals surface area contributed by atoms with Gasteiger partial charge in [-0.1, -0.05) is 77.6 Å². The zero-order valence-electron chi connectivity index (χ0n) is 17.6. The first-order valence-corrected chi connectivity index (χ1v) is 11.4. The molecule has 0 unspecified atom stereocenters. The minimum Gasteiger partial charge on any atom is -0.339 e. The second-order valence-corrected chi connectivity index (χ2v) is 8.28. The summed E-state index contributed by atoms with van der Waals surface area (Å²) in [4.78, 5) is 21.2. The zero-order valence-corrected chi connectivity index (χ0v) is 18.4. The molecule has 0 bridgehead atoms. The number of anilines is 1. The third-order valence-corrected chi connectivity index (χ3v) is 5.80. The highest BCUT2D eigenvalue weighted by Gasteiger charge is 2.12. The van der Waals surface area contributed by atoms with Gasteiger partial charge in [-0.05, 0) is 22.9 Å². The number of H-pyrrole nitrogens is 1.